The third-order valence-electron chi connectivity index (χ3n) is 1.22. The Morgan fingerprint density at radius 3 is 3.08 bits per heavy atom. The summed E-state index contributed by atoms with van der Waals surface area (Å²) in [6.45, 7) is 1.72. The van der Waals surface area contributed by atoms with Gasteiger partial charge in [-0.3, -0.25) is 0 Å². The molecule has 4 nitrogen and oxygen atoms in total. The lowest BCUT2D eigenvalue weighted by molar-refractivity contribution is -0.140. The summed E-state index contributed by atoms with van der Waals surface area (Å²) in [5, 5.41) is 0. The molecule has 0 aliphatic carbocycles. The zero-order valence-corrected chi connectivity index (χ0v) is 6.78. The zero-order valence-electron chi connectivity index (χ0n) is 6.78. The Balaban J connectivity index is 2.38. The Kier molecular flexibility index (Phi) is 3.07. The van der Waals surface area contributed by atoms with Crippen LogP contribution in [0.15, 0.2) is 24.4 Å². The third-order valence-corrected chi connectivity index (χ3v) is 1.22. The first kappa shape index (κ1) is 8.52. The van der Waals surface area contributed by atoms with Crippen LogP contribution in [-0.4, -0.2) is 11.0 Å². The molecule has 0 saturated carbocycles. The number of carbonyl (C=O) groups is 1. The second kappa shape index (κ2) is 4.33. The van der Waals surface area contributed by atoms with Crippen molar-refractivity contribution in [3.05, 3.63) is 24.4 Å². The summed E-state index contributed by atoms with van der Waals surface area (Å²) in [5.41, 5.74) is 2.43. The lowest BCUT2D eigenvalue weighted by Crippen LogP contribution is -2.09. The van der Waals surface area contributed by atoms with Crippen molar-refractivity contribution >= 4 is 11.8 Å². The van der Waals surface area contributed by atoms with Gasteiger partial charge in [-0.15, -0.1) is 0 Å². The summed E-state index contributed by atoms with van der Waals surface area (Å²) in [7, 11) is 0. The molecule has 0 amide bonds. The van der Waals surface area contributed by atoms with E-state index in [1.807, 2.05) is 0 Å². The Bertz CT molecular complexity index is 248. The van der Waals surface area contributed by atoms with Gasteiger partial charge in [0.05, 0.1) is 0 Å². The van der Waals surface area contributed by atoms with E-state index in [0.29, 0.717) is 12.2 Å². The number of anilines is 1. The molecule has 0 saturated heterocycles. The maximum Gasteiger partial charge on any atom is 0.331 e. The predicted octanol–water partition coefficient (Wildman–Crippen LogP) is 1.36. The fraction of sp³-hybridized carbons (Fsp3) is 0.250. The monoisotopic (exact) mass is 166 g/mol. The number of pyridine rings is 1. The van der Waals surface area contributed by atoms with Gasteiger partial charge in [0.25, 0.3) is 0 Å². The summed E-state index contributed by atoms with van der Waals surface area (Å²) < 4.78 is 0. The van der Waals surface area contributed by atoms with Crippen LogP contribution in [0.4, 0.5) is 5.82 Å². The van der Waals surface area contributed by atoms with Crippen LogP contribution in [0.3, 0.4) is 0 Å². The summed E-state index contributed by atoms with van der Waals surface area (Å²) >= 11 is 0. The Labute approximate surface area is 70.5 Å². The van der Waals surface area contributed by atoms with Gasteiger partial charge >= 0.3 is 5.97 Å². The van der Waals surface area contributed by atoms with Crippen molar-refractivity contribution in [2.24, 2.45) is 0 Å². The molecule has 1 rings (SSSR count). The van der Waals surface area contributed by atoms with Crippen molar-refractivity contribution in [3.63, 3.8) is 0 Å². The SMILES string of the molecule is CCC(=O)ONc1ccccn1. The highest BCUT2D eigenvalue weighted by atomic mass is 16.7. The van der Waals surface area contributed by atoms with Crippen molar-refractivity contribution in [1.29, 1.82) is 0 Å². The van der Waals surface area contributed by atoms with Crippen LogP contribution >= 0.6 is 0 Å². The second-order valence-corrected chi connectivity index (χ2v) is 2.14. The van der Waals surface area contributed by atoms with Crippen LogP contribution in [0, 0.1) is 0 Å². The Morgan fingerprint density at radius 1 is 1.67 bits per heavy atom. The molecule has 1 aromatic heterocycles. The van der Waals surface area contributed by atoms with E-state index in [-0.39, 0.29) is 5.97 Å². The predicted molar refractivity (Wildman–Crippen MR) is 44.2 cm³/mol. The van der Waals surface area contributed by atoms with E-state index in [1.165, 1.54) is 0 Å². The van der Waals surface area contributed by atoms with Gasteiger partial charge < -0.3 is 4.84 Å². The maximum atomic E-state index is 10.7. The maximum absolute atomic E-state index is 10.7. The number of aromatic nitrogens is 1. The normalized spacial score (nSPS) is 9.08. The molecule has 1 aromatic rings. The number of nitrogens with one attached hydrogen (secondary N) is 1. The molecule has 12 heavy (non-hydrogen) atoms. The van der Waals surface area contributed by atoms with Gasteiger partial charge in [-0.2, -0.15) is 0 Å². The number of carbonyl (C=O) groups excluding carboxylic acids is 1. The number of nitrogens with zero attached hydrogens (tertiary/aromatic N) is 1. The zero-order chi connectivity index (χ0) is 8.81. The van der Waals surface area contributed by atoms with Gasteiger partial charge in [0.15, 0.2) is 5.82 Å². The summed E-state index contributed by atoms with van der Waals surface area (Å²) in [4.78, 5) is 19.2. The molecule has 0 bridgehead atoms. The average molecular weight is 166 g/mol. The van der Waals surface area contributed by atoms with Gasteiger partial charge in [0, 0.05) is 12.6 Å². The molecule has 4 heteroatoms. The third kappa shape index (κ3) is 2.57. The van der Waals surface area contributed by atoms with E-state index in [2.05, 4.69) is 15.3 Å². The van der Waals surface area contributed by atoms with Crippen LogP contribution in [0.5, 0.6) is 0 Å². The molecule has 1 N–H and O–H groups in total. The van der Waals surface area contributed by atoms with Crippen LogP contribution in [0.25, 0.3) is 0 Å². The molecule has 0 unspecified atom stereocenters. The number of hydrogen-bond acceptors (Lipinski definition) is 4. The molecule has 1 heterocycles. The van der Waals surface area contributed by atoms with Crippen LogP contribution in [-0.2, 0) is 9.63 Å². The highest BCUT2D eigenvalue weighted by Crippen LogP contribution is 1.99. The van der Waals surface area contributed by atoms with Crippen molar-refractivity contribution in [3.8, 4) is 0 Å². The minimum atomic E-state index is -0.305. The smallest absolute Gasteiger partial charge is 0.331 e. The fourth-order valence-electron chi connectivity index (χ4n) is 0.605. The molecule has 0 aliphatic heterocycles. The minimum Gasteiger partial charge on any atom is -0.342 e. The molecule has 0 spiro atoms. The van der Waals surface area contributed by atoms with Crippen molar-refractivity contribution in [2.75, 3.05) is 5.48 Å². The lowest BCUT2D eigenvalue weighted by Gasteiger charge is -2.02. The van der Waals surface area contributed by atoms with E-state index in [4.69, 9.17) is 0 Å². The molecule has 0 fully saturated rings. The van der Waals surface area contributed by atoms with Gasteiger partial charge in [0.2, 0.25) is 0 Å². The van der Waals surface area contributed by atoms with Gasteiger partial charge in [-0.25, -0.2) is 15.3 Å². The number of hydrogen-bond donors (Lipinski definition) is 1. The quantitative estimate of drug-likeness (QED) is 0.689. The summed E-state index contributed by atoms with van der Waals surface area (Å²) in [6.07, 6.45) is 1.96. The van der Waals surface area contributed by atoms with Crippen molar-refractivity contribution < 1.29 is 9.63 Å². The van der Waals surface area contributed by atoms with E-state index in [0.717, 1.165) is 0 Å². The largest absolute Gasteiger partial charge is 0.342 e. The standard InChI is InChI=1S/C8H10N2O2/c1-2-8(11)12-10-7-5-3-4-6-9-7/h3-6H,2H2,1H3,(H,9,10). The topological polar surface area (TPSA) is 51.2 Å². The van der Waals surface area contributed by atoms with Crippen LogP contribution < -0.4 is 5.48 Å². The van der Waals surface area contributed by atoms with E-state index in [1.54, 1.807) is 31.3 Å². The Morgan fingerprint density at radius 2 is 2.50 bits per heavy atom. The molecule has 64 valence electrons. The second-order valence-electron chi connectivity index (χ2n) is 2.14. The van der Waals surface area contributed by atoms with Gasteiger partial charge in [-0.05, 0) is 12.1 Å². The van der Waals surface area contributed by atoms with Gasteiger partial charge in [-0.1, -0.05) is 13.0 Å². The van der Waals surface area contributed by atoms with E-state index < -0.39 is 0 Å². The van der Waals surface area contributed by atoms with Crippen molar-refractivity contribution in [2.45, 2.75) is 13.3 Å². The lowest BCUT2D eigenvalue weighted by atomic mass is 10.5. The van der Waals surface area contributed by atoms with E-state index >= 15 is 0 Å². The molecule has 0 aromatic carbocycles. The molecular weight excluding hydrogens is 156 g/mol. The first-order valence-corrected chi connectivity index (χ1v) is 3.69. The molecule has 0 atom stereocenters. The first-order valence-electron chi connectivity index (χ1n) is 3.69. The van der Waals surface area contributed by atoms with Crippen LogP contribution in [0.2, 0.25) is 0 Å². The van der Waals surface area contributed by atoms with Crippen LogP contribution in [0.1, 0.15) is 13.3 Å². The average Bonchev–Trinajstić information content (AvgIpc) is 2.16. The highest BCUT2D eigenvalue weighted by molar-refractivity contribution is 5.69. The Hall–Kier alpha value is -1.58. The minimum absolute atomic E-state index is 0.305. The number of rotatable bonds is 3. The summed E-state index contributed by atoms with van der Waals surface area (Å²) in [5.74, 6) is 0.222. The molecule has 0 radical (unpaired) electrons. The highest BCUT2D eigenvalue weighted by Gasteiger charge is 1.97. The summed E-state index contributed by atoms with van der Waals surface area (Å²) in [6, 6.07) is 5.30. The first-order chi connectivity index (χ1) is 5.83. The van der Waals surface area contributed by atoms with Crippen molar-refractivity contribution in [1.82, 2.24) is 4.98 Å². The van der Waals surface area contributed by atoms with E-state index in [9.17, 15) is 4.79 Å². The fourth-order valence-corrected chi connectivity index (χ4v) is 0.605. The van der Waals surface area contributed by atoms with Gasteiger partial charge in [0.1, 0.15) is 0 Å². The molecular formula is C8H10N2O2. The molecule has 0 aliphatic rings.